The Hall–Kier alpha value is -3.31. The van der Waals surface area contributed by atoms with Gasteiger partial charge in [-0.15, -0.1) is 0 Å². The molecule has 41 heavy (non-hydrogen) atoms. The molecule has 1 aliphatic carbocycles. The molecule has 8 heteroatoms. The van der Waals surface area contributed by atoms with Gasteiger partial charge in [-0.2, -0.15) is 5.26 Å². The molecular weight excluding hydrogens is 518 g/mol. The van der Waals surface area contributed by atoms with Gasteiger partial charge in [-0.3, -0.25) is 0 Å². The van der Waals surface area contributed by atoms with Crippen molar-refractivity contribution in [3.05, 3.63) is 65.0 Å². The molecule has 4 bridgehead atoms. The SMILES string of the molecule is C=CC(=Cc1c2nc(C)nc1N(C)CCCCCCN(CC)CCCC(F)(F)c1cccc(c1)CN2)C1(C#N)CC1. The Morgan fingerprint density at radius 1 is 1.10 bits per heavy atom. The summed E-state index contributed by atoms with van der Waals surface area (Å²) >= 11 is 0. The van der Waals surface area contributed by atoms with Gasteiger partial charge in [0.2, 0.25) is 0 Å². The molecule has 1 aromatic heterocycles. The fourth-order valence-corrected chi connectivity index (χ4v) is 5.60. The molecule has 1 saturated carbocycles. The van der Waals surface area contributed by atoms with E-state index in [2.05, 4.69) is 34.7 Å². The van der Waals surface area contributed by atoms with Crippen LogP contribution in [0.4, 0.5) is 20.4 Å². The maximum absolute atomic E-state index is 15.3. The third-order valence-corrected chi connectivity index (χ3v) is 8.37. The van der Waals surface area contributed by atoms with E-state index in [1.807, 2.05) is 26.1 Å². The Morgan fingerprint density at radius 2 is 1.83 bits per heavy atom. The molecule has 2 aliphatic rings. The lowest BCUT2D eigenvalue weighted by Gasteiger charge is -2.24. The largest absolute Gasteiger partial charge is 0.365 e. The van der Waals surface area contributed by atoms with E-state index in [4.69, 9.17) is 9.97 Å². The summed E-state index contributed by atoms with van der Waals surface area (Å²) in [4.78, 5) is 14.0. The zero-order valence-electron chi connectivity index (χ0n) is 24.9. The minimum Gasteiger partial charge on any atom is -0.365 e. The van der Waals surface area contributed by atoms with Crippen LogP contribution in [0, 0.1) is 23.7 Å². The smallest absolute Gasteiger partial charge is 0.273 e. The predicted molar refractivity (Wildman–Crippen MR) is 163 cm³/mol. The van der Waals surface area contributed by atoms with E-state index in [-0.39, 0.29) is 12.0 Å². The number of hydrogen-bond donors (Lipinski definition) is 1. The second-order valence-electron chi connectivity index (χ2n) is 11.5. The van der Waals surface area contributed by atoms with Crippen molar-refractivity contribution in [3.63, 3.8) is 0 Å². The highest BCUT2D eigenvalue weighted by molar-refractivity contribution is 5.77. The van der Waals surface area contributed by atoms with Crippen molar-refractivity contribution in [1.82, 2.24) is 14.9 Å². The van der Waals surface area contributed by atoms with Crippen LogP contribution in [0.3, 0.4) is 0 Å². The van der Waals surface area contributed by atoms with Crippen LogP contribution >= 0.6 is 0 Å². The standard InChI is InChI=1S/C33H44F2N6/c1-5-27(32(24-36)16-17-32)22-29-30-37-23-26-13-11-14-28(21-26)33(34,35)15-12-20-41(6-2)19-10-8-7-9-18-40(4)31(29)39-25(3)38-30/h5,11,13-14,21-22H,1,6-10,12,15-20,23H2,2-4H3,(H,37,38,39). The van der Waals surface area contributed by atoms with Crippen molar-refractivity contribution in [2.75, 3.05) is 43.4 Å². The molecule has 1 aromatic carbocycles. The van der Waals surface area contributed by atoms with E-state index >= 15 is 8.78 Å². The number of benzene rings is 1. The van der Waals surface area contributed by atoms with E-state index in [1.54, 1.807) is 18.2 Å². The summed E-state index contributed by atoms with van der Waals surface area (Å²) in [6.45, 7) is 11.7. The Bertz CT molecular complexity index is 1280. The van der Waals surface area contributed by atoms with Gasteiger partial charge in [-0.1, -0.05) is 50.6 Å². The number of fused-ring (bicyclic) bond motifs is 4. The molecule has 0 radical (unpaired) electrons. The zero-order chi connectivity index (χ0) is 29.5. The lowest BCUT2D eigenvalue weighted by Crippen LogP contribution is -2.27. The fraction of sp³-hybridized carbons (Fsp3) is 0.545. The van der Waals surface area contributed by atoms with Crippen molar-refractivity contribution in [3.8, 4) is 6.07 Å². The molecule has 1 aliphatic heterocycles. The van der Waals surface area contributed by atoms with Gasteiger partial charge < -0.3 is 15.1 Å². The monoisotopic (exact) mass is 562 g/mol. The van der Waals surface area contributed by atoms with Crippen LogP contribution < -0.4 is 10.2 Å². The first kappa shape index (κ1) is 30.6. The third kappa shape index (κ3) is 7.71. The van der Waals surface area contributed by atoms with Gasteiger partial charge in [0.05, 0.1) is 17.0 Å². The van der Waals surface area contributed by atoms with Gasteiger partial charge in [0.25, 0.3) is 5.92 Å². The van der Waals surface area contributed by atoms with Crippen LogP contribution in [0.1, 0.15) is 80.8 Å². The Labute approximate surface area is 244 Å². The Morgan fingerprint density at radius 3 is 2.51 bits per heavy atom. The lowest BCUT2D eigenvalue weighted by molar-refractivity contribution is -0.0173. The number of allylic oxidation sites excluding steroid dienone is 2. The second kappa shape index (κ2) is 13.6. The number of nitrogens with zero attached hydrogens (tertiary/aromatic N) is 5. The average Bonchev–Trinajstić information content (AvgIpc) is 3.76. The summed E-state index contributed by atoms with van der Waals surface area (Å²) in [5.41, 5.74) is 1.95. The predicted octanol–water partition coefficient (Wildman–Crippen LogP) is 7.47. The molecule has 1 fully saturated rings. The number of hydrogen-bond acceptors (Lipinski definition) is 6. The van der Waals surface area contributed by atoms with Gasteiger partial charge in [-0.25, -0.2) is 18.7 Å². The topological polar surface area (TPSA) is 68.1 Å². The molecule has 2 aromatic rings. The number of nitriles is 1. The number of alkyl halides is 2. The summed E-state index contributed by atoms with van der Waals surface area (Å²) in [6, 6.07) is 9.16. The minimum atomic E-state index is -2.89. The van der Waals surface area contributed by atoms with Crippen molar-refractivity contribution in [2.45, 2.75) is 77.7 Å². The van der Waals surface area contributed by atoms with Crippen LogP contribution in [0.2, 0.25) is 0 Å². The van der Waals surface area contributed by atoms with Gasteiger partial charge in [0.15, 0.2) is 0 Å². The first-order valence-corrected chi connectivity index (χ1v) is 15.0. The van der Waals surface area contributed by atoms with E-state index < -0.39 is 11.3 Å². The van der Waals surface area contributed by atoms with Crippen molar-refractivity contribution >= 4 is 17.7 Å². The highest BCUT2D eigenvalue weighted by Gasteiger charge is 2.45. The van der Waals surface area contributed by atoms with Gasteiger partial charge >= 0.3 is 0 Å². The third-order valence-electron chi connectivity index (χ3n) is 8.37. The molecular formula is C33H44F2N6. The van der Waals surface area contributed by atoms with Crippen LogP contribution in [0.15, 0.2) is 42.5 Å². The number of halogens is 2. The first-order chi connectivity index (χ1) is 19.7. The Kier molecular flexibility index (Phi) is 10.1. The van der Waals surface area contributed by atoms with Crippen LogP contribution in [-0.2, 0) is 12.5 Å². The van der Waals surface area contributed by atoms with E-state index in [9.17, 15) is 5.26 Å². The molecule has 2 heterocycles. The van der Waals surface area contributed by atoms with Crippen molar-refractivity contribution in [1.29, 1.82) is 5.26 Å². The van der Waals surface area contributed by atoms with Gasteiger partial charge in [0.1, 0.15) is 17.5 Å². The number of aromatic nitrogens is 2. The molecule has 6 nitrogen and oxygen atoms in total. The number of aryl methyl sites for hydroxylation is 1. The quantitative estimate of drug-likeness (QED) is 0.390. The average molecular weight is 563 g/mol. The van der Waals surface area contributed by atoms with E-state index in [1.165, 1.54) is 6.07 Å². The molecule has 220 valence electrons. The van der Waals surface area contributed by atoms with Crippen molar-refractivity contribution in [2.24, 2.45) is 5.41 Å². The van der Waals surface area contributed by atoms with Gasteiger partial charge in [-0.05, 0) is 81.9 Å². The molecule has 0 saturated heterocycles. The molecule has 1 N–H and O–H groups in total. The Balaban J connectivity index is 1.71. The summed E-state index contributed by atoms with van der Waals surface area (Å²) < 4.78 is 30.5. The molecule has 0 spiro atoms. The van der Waals surface area contributed by atoms with Crippen LogP contribution in [-0.4, -0.2) is 48.1 Å². The fourth-order valence-electron chi connectivity index (χ4n) is 5.60. The zero-order valence-corrected chi connectivity index (χ0v) is 24.9. The molecule has 0 unspecified atom stereocenters. The number of rotatable bonds is 4. The highest BCUT2D eigenvalue weighted by Crippen LogP contribution is 2.52. The summed E-state index contributed by atoms with van der Waals surface area (Å²) in [7, 11) is 2.05. The van der Waals surface area contributed by atoms with Crippen molar-refractivity contribution < 1.29 is 8.78 Å². The van der Waals surface area contributed by atoms with E-state index in [0.717, 1.165) is 80.7 Å². The lowest BCUT2D eigenvalue weighted by atomic mass is 9.95. The second-order valence-corrected chi connectivity index (χ2v) is 11.5. The maximum Gasteiger partial charge on any atom is 0.273 e. The van der Waals surface area contributed by atoms with Crippen LogP contribution in [0.25, 0.3) is 6.08 Å². The summed E-state index contributed by atoms with van der Waals surface area (Å²) in [5, 5.41) is 13.3. The van der Waals surface area contributed by atoms with E-state index in [0.29, 0.717) is 31.2 Å². The number of nitrogens with one attached hydrogen (secondary N) is 1. The van der Waals surface area contributed by atoms with Gasteiger partial charge in [0, 0.05) is 32.1 Å². The molecule has 0 amide bonds. The van der Waals surface area contributed by atoms with Crippen LogP contribution in [0.5, 0.6) is 0 Å². The summed E-state index contributed by atoms with van der Waals surface area (Å²) in [5.74, 6) is -0.853. The minimum absolute atomic E-state index is 0.0484. The maximum atomic E-state index is 15.3. The normalized spacial score (nSPS) is 20.4. The molecule has 4 rings (SSSR count). The molecule has 0 atom stereocenters. The summed E-state index contributed by atoms with van der Waals surface area (Å²) in [6.07, 6.45) is 9.92. The highest BCUT2D eigenvalue weighted by atomic mass is 19.3. The number of anilines is 2. The first-order valence-electron chi connectivity index (χ1n) is 15.0.